The molecule has 5 rings (SSSR count). The van der Waals surface area contributed by atoms with Gasteiger partial charge in [0.2, 0.25) is 5.88 Å². The second-order valence-corrected chi connectivity index (χ2v) is 11.6. The van der Waals surface area contributed by atoms with Gasteiger partial charge in [0.15, 0.2) is 5.78 Å². The Kier molecular flexibility index (Phi) is 8.27. The number of aromatic nitrogens is 2. The van der Waals surface area contributed by atoms with Gasteiger partial charge in [0.05, 0.1) is 6.10 Å². The van der Waals surface area contributed by atoms with Crippen LogP contribution in [0.1, 0.15) is 74.0 Å². The molecule has 6 heteroatoms. The van der Waals surface area contributed by atoms with Crippen molar-refractivity contribution < 1.29 is 9.53 Å². The van der Waals surface area contributed by atoms with Crippen molar-refractivity contribution in [3.8, 4) is 5.88 Å². The fourth-order valence-corrected chi connectivity index (χ4v) is 6.22. The Labute approximate surface area is 226 Å². The first-order valence-electron chi connectivity index (χ1n) is 14.4. The summed E-state index contributed by atoms with van der Waals surface area (Å²) < 4.78 is 7.37. The van der Waals surface area contributed by atoms with E-state index in [0.717, 1.165) is 62.5 Å². The predicted molar refractivity (Wildman–Crippen MR) is 152 cm³/mol. The lowest BCUT2D eigenvalue weighted by Crippen LogP contribution is -2.29. The number of carbonyl (C=O) groups is 1. The molecular weight excluding hydrogens is 474 g/mol. The Morgan fingerprint density at radius 1 is 1.00 bits per heavy atom. The summed E-state index contributed by atoms with van der Waals surface area (Å²) in [5, 5.41) is 1.41. The molecule has 3 aromatic rings. The SMILES string of the molecule is CC(C)Oc1ccc2c(n1)CCN(CCC1CCC(CC(=O)c3cccc4c(=O)n(C)ccc34)CC1)CC2. The predicted octanol–water partition coefficient (Wildman–Crippen LogP) is 5.59. The van der Waals surface area contributed by atoms with Crippen LogP contribution in [0.15, 0.2) is 47.4 Å². The van der Waals surface area contributed by atoms with Crippen LogP contribution in [0, 0.1) is 11.8 Å². The normalized spacial score (nSPS) is 20.3. The monoisotopic (exact) mass is 515 g/mol. The number of ether oxygens (including phenoxy) is 1. The van der Waals surface area contributed by atoms with E-state index in [1.54, 1.807) is 17.8 Å². The van der Waals surface area contributed by atoms with E-state index in [0.29, 0.717) is 23.3 Å². The van der Waals surface area contributed by atoms with Crippen LogP contribution >= 0.6 is 0 Å². The number of carbonyl (C=O) groups excluding carboxylic acids is 1. The summed E-state index contributed by atoms with van der Waals surface area (Å²) in [5.74, 6) is 2.11. The van der Waals surface area contributed by atoms with E-state index in [-0.39, 0.29) is 17.4 Å². The van der Waals surface area contributed by atoms with Crippen LogP contribution in [0.25, 0.3) is 10.8 Å². The van der Waals surface area contributed by atoms with Gasteiger partial charge in [-0.05, 0) is 81.0 Å². The molecule has 202 valence electrons. The second kappa shape index (κ2) is 11.8. The van der Waals surface area contributed by atoms with Crippen LogP contribution in [0.4, 0.5) is 0 Å². The summed E-state index contributed by atoms with van der Waals surface area (Å²) in [7, 11) is 1.75. The van der Waals surface area contributed by atoms with Crippen molar-refractivity contribution in [3.63, 3.8) is 0 Å². The van der Waals surface area contributed by atoms with Gasteiger partial charge in [0, 0.05) is 61.9 Å². The molecule has 3 heterocycles. The quantitative estimate of drug-likeness (QED) is 0.366. The van der Waals surface area contributed by atoms with Crippen LogP contribution in [0.5, 0.6) is 5.88 Å². The summed E-state index contributed by atoms with van der Waals surface area (Å²) in [6.45, 7) is 7.37. The average molecular weight is 516 g/mol. The van der Waals surface area contributed by atoms with Gasteiger partial charge in [-0.25, -0.2) is 4.98 Å². The topological polar surface area (TPSA) is 64.4 Å². The van der Waals surface area contributed by atoms with E-state index in [9.17, 15) is 9.59 Å². The maximum Gasteiger partial charge on any atom is 0.258 e. The summed E-state index contributed by atoms with van der Waals surface area (Å²) in [5.41, 5.74) is 3.21. The zero-order chi connectivity index (χ0) is 26.6. The van der Waals surface area contributed by atoms with Gasteiger partial charge in [-0.15, -0.1) is 0 Å². The largest absolute Gasteiger partial charge is 0.475 e. The molecule has 0 unspecified atom stereocenters. The summed E-state index contributed by atoms with van der Waals surface area (Å²) in [6.07, 6.45) is 10.4. The van der Waals surface area contributed by atoms with E-state index in [4.69, 9.17) is 9.72 Å². The van der Waals surface area contributed by atoms with Crippen LogP contribution < -0.4 is 10.3 Å². The van der Waals surface area contributed by atoms with Gasteiger partial charge in [0.25, 0.3) is 5.56 Å². The number of rotatable bonds is 8. The molecular formula is C32H41N3O3. The number of hydrogen-bond donors (Lipinski definition) is 0. The molecule has 1 saturated carbocycles. The number of pyridine rings is 2. The smallest absolute Gasteiger partial charge is 0.258 e. The molecule has 0 amide bonds. The molecule has 1 aromatic carbocycles. The van der Waals surface area contributed by atoms with E-state index in [2.05, 4.69) is 11.0 Å². The van der Waals surface area contributed by atoms with Gasteiger partial charge in [-0.3, -0.25) is 9.59 Å². The van der Waals surface area contributed by atoms with Crippen LogP contribution in [0.2, 0.25) is 0 Å². The molecule has 1 aliphatic heterocycles. The second-order valence-electron chi connectivity index (χ2n) is 11.6. The zero-order valence-electron chi connectivity index (χ0n) is 23.1. The van der Waals surface area contributed by atoms with E-state index >= 15 is 0 Å². The standard InChI is InChI=1S/C32H41N3O3/c1-22(2)38-31-12-11-25-14-19-35(20-16-29(25)33-31)18-13-23-7-9-24(10-8-23)21-30(36)27-5-4-6-28-26(27)15-17-34(3)32(28)37/h4-6,11-12,15,17,22-24H,7-10,13-14,16,18-21H2,1-3H3. The van der Waals surface area contributed by atoms with E-state index in [1.807, 2.05) is 44.2 Å². The molecule has 6 nitrogen and oxygen atoms in total. The third-order valence-corrected chi connectivity index (χ3v) is 8.48. The van der Waals surface area contributed by atoms with E-state index < -0.39 is 0 Å². The molecule has 0 atom stereocenters. The Hall–Kier alpha value is -2.99. The van der Waals surface area contributed by atoms with Crippen molar-refractivity contribution in [1.82, 2.24) is 14.5 Å². The Balaban J connectivity index is 1.09. The van der Waals surface area contributed by atoms with Crippen molar-refractivity contribution in [2.45, 2.75) is 71.3 Å². The number of ketones is 1. The van der Waals surface area contributed by atoms with Crippen LogP contribution in [0.3, 0.4) is 0 Å². The molecule has 0 bridgehead atoms. The van der Waals surface area contributed by atoms with Crippen LogP contribution in [-0.2, 0) is 19.9 Å². The number of aryl methyl sites for hydroxylation is 1. The third kappa shape index (κ3) is 6.17. The van der Waals surface area contributed by atoms with Gasteiger partial charge >= 0.3 is 0 Å². The Bertz CT molecular complexity index is 1340. The van der Waals surface area contributed by atoms with Gasteiger partial charge < -0.3 is 14.2 Å². The number of hydrogen-bond acceptors (Lipinski definition) is 5. The third-order valence-electron chi connectivity index (χ3n) is 8.48. The minimum absolute atomic E-state index is 0.0490. The highest BCUT2D eigenvalue weighted by Gasteiger charge is 2.25. The van der Waals surface area contributed by atoms with Crippen molar-refractivity contribution in [2.75, 3.05) is 19.6 Å². The highest BCUT2D eigenvalue weighted by atomic mass is 16.5. The number of Topliss-reactive ketones (excluding diaryl/α,β-unsaturated/α-hetero) is 1. The molecule has 0 N–H and O–H groups in total. The maximum atomic E-state index is 13.2. The van der Waals surface area contributed by atoms with Crippen molar-refractivity contribution in [1.29, 1.82) is 0 Å². The molecule has 0 spiro atoms. The molecule has 2 aliphatic rings. The van der Waals surface area contributed by atoms with Gasteiger partial charge in [-0.1, -0.05) is 31.0 Å². The molecule has 0 radical (unpaired) electrons. The summed E-state index contributed by atoms with van der Waals surface area (Å²) in [4.78, 5) is 33.1. The Morgan fingerprint density at radius 3 is 2.55 bits per heavy atom. The summed E-state index contributed by atoms with van der Waals surface area (Å²) >= 11 is 0. The molecule has 1 fully saturated rings. The van der Waals surface area contributed by atoms with Crippen molar-refractivity contribution in [2.24, 2.45) is 18.9 Å². The first-order valence-corrected chi connectivity index (χ1v) is 14.4. The lowest BCUT2D eigenvalue weighted by Gasteiger charge is -2.30. The highest BCUT2D eigenvalue weighted by Crippen LogP contribution is 2.34. The minimum atomic E-state index is -0.0490. The summed E-state index contributed by atoms with van der Waals surface area (Å²) in [6, 6.07) is 11.6. The lowest BCUT2D eigenvalue weighted by molar-refractivity contribution is 0.0942. The van der Waals surface area contributed by atoms with Crippen molar-refractivity contribution in [3.05, 3.63) is 69.8 Å². The number of nitrogens with zero attached hydrogens (tertiary/aromatic N) is 3. The molecule has 1 aliphatic carbocycles. The molecule has 0 saturated heterocycles. The first-order chi connectivity index (χ1) is 18.4. The Morgan fingerprint density at radius 2 is 1.76 bits per heavy atom. The van der Waals surface area contributed by atoms with E-state index in [1.165, 1.54) is 30.5 Å². The number of benzene rings is 1. The number of fused-ring (bicyclic) bond motifs is 2. The maximum absolute atomic E-state index is 13.2. The average Bonchev–Trinajstić information content (AvgIpc) is 3.11. The lowest BCUT2D eigenvalue weighted by atomic mass is 9.78. The highest BCUT2D eigenvalue weighted by molar-refractivity contribution is 6.07. The van der Waals surface area contributed by atoms with Crippen LogP contribution in [-0.4, -0.2) is 46.0 Å². The first kappa shape index (κ1) is 26.6. The minimum Gasteiger partial charge on any atom is -0.475 e. The zero-order valence-corrected chi connectivity index (χ0v) is 23.1. The van der Waals surface area contributed by atoms with Crippen molar-refractivity contribution >= 4 is 16.6 Å². The fraction of sp³-hybridized carbons (Fsp3) is 0.531. The van der Waals surface area contributed by atoms with Gasteiger partial charge in [0.1, 0.15) is 0 Å². The fourth-order valence-electron chi connectivity index (χ4n) is 6.22. The molecule has 38 heavy (non-hydrogen) atoms. The van der Waals surface area contributed by atoms with Gasteiger partial charge in [-0.2, -0.15) is 0 Å². The molecule has 2 aromatic heterocycles.